The van der Waals surface area contributed by atoms with Gasteiger partial charge in [-0.2, -0.15) is 0 Å². The molecular weight excluding hydrogens is 146 g/mol. The smallest absolute Gasteiger partial charge is 0.171 e. The third-order valence-electron chi connectivity index (χ3n) is 0.906. The van der Waals surface area contributed by atoms with E-state index in [0.29, 0.717) is 6.61 Å². The first-order valence-electron chi connectivity index (χ1n) is 3.63. The summed E-state index contributed by atoms with van der Waals surface area (Å²) in [5.41, 5.74) is 0. The lowest BCUT2D eigenvalue weighted by atomic mass is 10.6. The molecule has 0 aromatic rings. The number of ether oxygens (including phenoxy) is 2. The molecule has 0 aromatic carbocycles. The largest absolute Gasteiger partial charge is 0.484 e. The summed E-state index contributed by atoms with van der Waals surface area (Å²) < 4.78 is 9.71. The SMILES string of the molecule is CCOC=NC(C)OC(C)O. The van der Waals surface area contributed by atoms with Gasteiger partial charge in [-0.15, -0.1) is 0 Å². The van der Waals surface area contributed by atoms with Crippen molar-refractivity contribution in [2.45, 2.75) is 33.3 Å². The van der Waals surface area contributed by atoms with Crippen molar-refractivity contribution < 1.29 is 14.6 Å². The molecule has 2 atom stereocenters. The van der Waals surface area contributed by atoms with Gasteiger partial charge in [0.05, 0.1) is 6.61 Å². The Morgan fingerprint density at radius 2 is 2.18 bits per heavy atom. The molecular formula is C7H15NO3. The van der Waals surface area contributed by atoms with Crippen LogP contribution in [0.25, 0.3) is 0 Å². The summed E-state index contributed by atoms with van der Waals surface area (Å²) in [5.74, 6) is 0. The highest BCUT2D eigenvalue weighted by Crippen LogP contribution is 1.95. The molecule has 4 nitrogen and oxygen atoms in total. The van der Waals surface area contributed by atoms with Crippen molar-refractivity contribution in [3.8, 4) is 0 Å². The Hall–Kier alpha value is -0.610. The zero-order valence-electron chi connectivity index (χ0n) is 7.15. The molecule has 0 spiro atoms. The molecule has 0 saturated heterocycles. The lowest BCUT2D eigenvalue weighted by Gasteiger charge is -2.09. The zero-order valence-corrected chi connectivity index (χ0v) is 7.15. The number of hydrogen-bond donors (Lipinski definition) is 1. The van der Waals surface area contributed by atoms with Gasteiger partial charge < -0.3 is 14.6 Å². The van der Waals surface area contributed by atoms with Gasteiger partial charge in [0.1, 0.15) is 0 Å². The van der Waals surface area contributed by atoms with Crippen LogP contribution in [0, 0.1) is 0 Å². The second-order valence-corrected chi connectivity index (χ2v) is 2.04. The van der Waals surface area contributed by atoms with Gasteiger partial charge in [-0.05, 0) is 20.8 Å². The number of hydrogen-bond acceptors (Lipinski definition) is 4. The van der Waals surface area contributed by atoms with Crippen LogP contribution >= 0.6 is 0 Å². The Kier molecular flexibility index (Phi) is 5.78. The predicted octanol–water partition coefficient (Wildman–Crippen LogP) is 0.752. The molecule has 0 aliphatic heterocycles. The van der Waals surface area contributed by atoms with Gasteiger partial charge in [0.25, 0.3) is 0 Å². The fourth-order valence-electron chi connectivity index (χ4n) is 0.523. The topological polar surface area (TPSA) is 51.0 Å². The van der Waals surface area contributed by atoms with Crippen LogP contribution in [0.4, 0.5) is 0 Å². The molecule has 0 heterocycles. The molecule has 0 rings (SSSR count). The maximum atomic E-state index is 8.74. The van der Waals surface area contributed by atoms with Gasteiger partial charge >= 0.3 is 0 Å². The third kappa shape index (κ3) is 7.29. The number of aliphatic hydroxyl groups excluding tert-OH is 1. The van der Waals surface area contributed by atoms with Crippen molar-refractivity contribution in [3.63, 3.8) is 0 Å². The molecule has 0 bridgehead atoms. The van der Waals surface area contributed by atoms with Crippen molar-refractivity contribution in [1.29, 1.82) is 0 Å². The summed E-state index contributed by atoms with van der Waals surface area (Å²) in [6.07, 6.45) is 0.179. The predicted molar refractivity (Wildman–Crippen MR) is 42.3 cm³/mol. The van der Waals surface area contributed by atoms with Gasteiger partial charge in [0.15, 0.2) is 18.9 Å². The van der Waals surface area contributed by atoms with E-state index < -0.39 is 6.29 Å². The highest BCUT2D eigenvalue weighted by molar-refractivity contribution is 5.46. The lowest BCUT2D eigenvalue weighted by Crippen LogP contribution is -2.14. The van der Waals surface area contributed by atoms with E-state index in [2.05, 4.69) is 4.99 Å². The maximum Gasteiger partial charge on any atom is 0.171 e. The molecule has 0 aliphatic rings. The van der Waals surface area contributed by atoms with Crippen molar-refractivity contribution in [2.75, 3.05) is 6.61 Å². The van der Waals surface area contributed by atoms with Crippen molar-refractivity contribution in [1.82, 2.24) is 0 Å². The molecule has 1 N–H and O–H groups in total. The fraction of sp³-hybridized carbons (Fsp3) is 0.857. The van der Waals surface area contributed by atoms with Crippen LogP contribution in [-0.2, 0) is 9.47 Å². The minimum atomic E-state index is -0.788. The Bertz CT molecular complexity index is 114. The third-order valence-corrected chi connectivity index (χ3v) is 0.906. The van der Waals surface area contributed by atoms with Crippen LogP contribution in [0.5, 0.6) is 0 Å². The highest BCUT2D eigenvalue weighted by atomic mass is 16.6. The quantitative estimate of drug-likeness (QED) is 0.368. The summed E-state index contributed by atoms with van der Waals surface area (Å²) in [4.78, 5) is 3.82. The first kappa shape index (κ1) is 10.4. The Morgan fingerprint density at radius 3 is 2.64 bits per heavy atom. The minimum Gasteiger partial charge on any atom is -0.484 e. The summed E-state index contributed by atoms with van der Waals surface area (Å²) in [5, 5.41) is 8.74. The molecule has 0 radical (unpaired) electrons. The monoisotopic (exact) mass is 161 g/mol. The fourth-order valence-corrected chi connectivity index (χ4v) is 0.523. The van der Waals surface area contributed by atoms with Gasteiger partial charge in [0, 0.05) is 0 Å². The first-order valence-corrected chi connectivity index (χ1v) is 3.63. The van der Waals surface area contributed by atoms with Gasteiger partial charge in [-0.1, -0.05) is 0 Å². The molecule has 0 fully saturated rings. The Balaban J connectivity index is 3.42. The van der Waals surface area contributed by atoms with E-state index in [4.69, 9.17) is 14.6 Å². The second-order valence-electron chi connectivity index (χ2n) is 2.04. The molecule has 0 aromatic heterocycles. The summed E-state index contributed by atoms with van der Waals surface area (Å²) >= 11 is 0. The van der Waals surface area contributed by atoms with E-state index in [9.17, 15) is 0 Å². The van der Waals surface area contributed by atoms with Crippen molar-refractivity contribution in [2.24, 2.45) is 4.99 Å². The van der Waals surface area contributed by atoms with Crippen LogP contribution in [-0.4, -0.2) is 30.6 Å². The summed E-state index contributed by atoms with van der Waals surface area (Å²) in [6.45, 7) is 5.71. The Labute approximate surface area is 66.8 Å². The van der Waals surface area contributed by atoms with Gasteiger partial charge in [-0.25, -0.2) is 4.99 Å². The number of aliphatic hydroxyl groups is 1. The van der Waals surface area contributed by atoms with Crippen LogP contribution in [0.2, 0.25) is 0 Å². The minimum absolute atomic E-state index is 0.360. The normalized spacial score (nSPS) is 16.7. The van der Waals surface area contributed by atoms with Crippen molar-refractivity contribution in [3.05, 3.63) is 0 Å². The van der Waals surface area contributed by atoms with Crippen LogP contribution < -0.4 is 0 Å². The molecule has 0 amide bonds. The molecule has 66 valence electrons. The molecule has 0 aliphatic carbocycles. The van der Waals surface area contributed by atoms with Gasteiger partial charge in [0.2, 0.25) is 0 Å². The first-order chi connectivity index (χ1) is 5.16. The zero-order chi connectivity index (χ0) is 8.69. The molecule has 4 heteroatoms. The number of nitrogens with zero attached hydrogens (tertiary/aromatic N) is 1. The standard InChI is InChI=1S/C7H15NO3/c1-4-10-5-8-6(2)11-7(3)9/h5-7,9H,4H2,1-3H3. The molecule has 11 heavy (non-hydrogen) atoms. The average Bonchev–Trinajstić information content (AvgIpc) is 1.86. The molecule has 2 unspecified atom stereocenters. The highest BCUT2D eigenvalue weighted by Gasteiger charge is 2.00. The lowest BCUT2D eigenvalue weighted by molar-refractivity contribution is -0.115. The van der Waals surface area contributed by atoms with E-state index in [1.165, 1.54) is 13.3 Å². The van der Waals surface area contributed by atoms with Gasteiger partial charge in [-0.3, -0.25) is 0 Å². The molecule has 0 saturated carbocycles. The van der Waals surface area contributed by atoms with E-state index >= 15 is 0 Å². The van der Waals surface area contributed by atoms with E-state index in [0.717, 1.165) is 0 Å². The number of aliphatic imine (C=N–C) groups is 1. The van der Waals surface area contributed by atoms with Crippen LogP contribution in [0.3, 0.4) is 0 Å². The van der Waals surface area contributed by atoms with E-state index in [1.807, 2.05) is 6.92 Å². The Morgan fingerprint density at radius 1 is 1.55 bits per heavy atom. The van der Waals surface area contributed by atoms with Crippen LogP contribution in [0.15, 0.2) is 4.99 Å². The number of rotatable bonds is 5. The van der Waals surface area contributed by atoms with E-state index in [-0.39, 0.29) is 6.23 Å². The summed E-state index contributed by atoms with van der Waals surface area (Å²) in [7, 11) is 0. The van der Waals surface area contributed by atoms with Crippen LogP contribution in [0.1, 0.15) is 20.8 Å². The average molecular weight is 161 g/mol. The van der Waals surface area contributed by atoms with E-state index in [1.54, 1.807) is 6.92 Å². The summed E-state index contributed by atoms with van der Waals surface area (Å²) in [6, 6.07) is 0. The maximum absolute atomic E-state index is 8.74. The second kappa shape index (κ2) is 6.12. The van der Waals surface area contributed by atoms with Crippen molar-refractivity contribution >= 4 is 6.40 Å².